The summed E-state index contributed by atoms with van der Waals surface area (Å²) in [5.41, 5.74) is 2.11. The van der Waals surface area contributed by atoms with Gasteiger partial charge < -0.3 is 20.1 Å². The summed E-state index contributed by atoms with van der Waals surface area (Å²) in [4.78, 5) is 24.2. The number of benzene rings is 2. The molecule has 0 heterocycles. The van der Waals surface area contributed by atoms with Gasteiger partial charge in [-0.3, -0.25) is 9.59 Å². The van der Waals surface area contributed by atoms with E-state index in [4.69, 9.17) is 9.47 Å². The minimum absolute atomic E-state index is 0.0127. The van der Waals surface area contributed by atoms with Crippen LogP contribution in [0.15, 0.2) is 42.5 Å². The van der Waals surface area contributed by atoms with E-state index in [1.165, 1.54) is 0 Å². The minimum atomic E-state index is -0.213. The Hall–Kier alpha value is -3.02. The first kappa shape index (κ1) is 21.3. The van der Waals surface area contributed by atoms with Crippen molar-refractivity contribution in [1.29, 1.82) is 0 Å². The molecule has 2 aromatic rings. The van der Waals surface area contributed by atoms with Gasteiger partial charge in [0.05, 0.1) is 13.2 Å². The van der Waals surface area contributed by atoms with Crippen molar-refractivity contribution in [3.8, 4) is 11.5 Å². The van der Waals surface area contributed by atoms with Crippen molar-refractivity contribution in [3.63, 3.8) is 0 Å². The van der Waals surface area contributed by atoms with E-state index in [1.807, 2.05) is 45.0 Å². The standard InChI is InChI=1S/C22H28N2O4/c1-5-7-21(25)24-18-9-6-8-16(12-18)14-23-22(26)17-10-11-19(28-15(2)3)20(13-17)27-4/h6,8-13,15H,5,7,14H2,1-4H3,(H,23,26)(H,24,25). The lowest BCUT2D eigenvalue weighted by molar-refractivity contribution is -0.116. The number of rotatable bonds is 9. The third kappa shape index (κ3) is 6.30. The molecule has 0 atom stereocenters. The number of ether oxygens (including phenoxy) is 2. The fourth-order valence-electron chi connectivity index (χ4n) is 2.65. The summed E-state index contributed by atoms with van der Waals surface area (Å²) < 4.78 is 11.0. The zero-order chi connectivity index (χ0) is 20.5. The van der Waals surface area contributed by atoms with Crippen LogP contribution >= 0.6 is 0 Å². The van der Waals surface area contributed by atoms with E-state index in [0.717, 1.165) is 17.7 Å². The highest BCUT2D eigenvalue weighted by Gasteiger charge is 2.12. The fraction of sp³-hybridized carbons (Fsp3) is 0.364. The van der Waals surface area contributed by atoms with Gasteiger partial charge in [-0.15, -0.1) is 0 Å². The molecule has 2 aromatic carbocycles. The third-order valence-electron chi connectivity index (χ3n) is 3.93. The van der Waals surface area contributed by atoms with Crippen molar-refractivity contribution in [2.24, 2.45) is 0 Å². The van der Waals surface area contributed by atoms with E-state index < -0.39 is 0 Å². The van der Waals surface area contributed by atoms with Gasteiger partial charge >= 0.3 is 0 Å². The van der Waals surface area contributed by atoms with Crippen LogP contribution in [0.3, 0.4) is 0 Å². The van der Waals surface area contributed by atoms with Crippen LogP contribution in [-0.2, 0) is 11.3 Å². The Balaban J connectivity index is 2.01. The molecule has 0 aliphatic heterocycles. The predicted molar refractivity (Wildman–Crippen MR) is 110 cm³/mol. The summed E-state index contributed by atoms with van der Waals surface area (Å²) in [6.45, 7) is 6.17. The molecule has 0 radical (unpaired) electrons. The first-order chi connectivity index (χ1) is 13.4. The Morgan fingerprint density at radius 1 is 1.07 bits per heavy atom. The average Bonchev–Trinajstić information content (AvgIpc) is 2.66. The maximum Gasteiger partial charge on any atom is 0.251 e. The number of methoxy groups -OCH3 is 1. The van der Waals surface area contributed by atoms with Gasteiger partial charge in [-0.25, -0.2) is 0 Å². The Morgan fingerprint density at radius 2 is 1.86 bits per heavy atom. The van der Waals surface area contributed by atoms with Gasteiger partial charge in [0.2, 0.25) is 5.91 Å². The number of carbonyl (C=O) groups is 2. The van der Waals surface area contributed by atoms with Crippen LogP contribution in [0.1, 0.15) is 49.5 Å². The molecule has 0 spiro atoms. The molecule has 150 valence electrons. The normalized spacial score (nSPS) is 10.5. The first-order valence-electron chi connectivity index (χ1n) is 9.44. The molecular weight excluding hydrogens is 356 g/mol. The number of anilines is 1. The van der Waals surface area contributed by atoms with E-state index in [0.29, 0.717) is 30.0 Å². The van der Waals surface area contributed by atoms with E-state index in [1.54, 1.807) is 25.3 Å². The monoisotopic (exact) mass is 384 g/mol. The molecule has 0 bridgehead atoms. The SMILES string of the molecule is CCCC(=O)Nc1cccc(CNC(=O)c2ccc(OC(C)C)c(OC)c2)c1. The fourth-order valence-corrected chi connectivity index (χ4v) is 2.65. The van der Waals surface area contributed by atoms with Gasteiger partial charge in [-0.2, -0.15) is 0 Å². The number of hydrogen-bond acceptors (Lipinski definition) is 4. The molecule has 0 saturated heterocycles. The van der Waals surface area contributed by atoms with Crippen LogP contribution in [0.4, 0.5) is 5.69 Å². The van der Waals surface area contributed by atoms with Crippen molar-refractivity contribution in [3.05, 3.63) is 53.6 Å². The quantitative estimate of drug-likeness (QED) is 0.681. The van der Waals surface area contributed by atoms with Gasteiger partial charge in [0.15, 0.2) is 11.5 Å². The van der Waals surface area contributed by atoms with E-state index in [-0.39, 0.29) is 17.9 Å². The Morgan fingerprint density at radius 3 is 2.54 bits per heavy atom. The second kappa shape index (κ2) is 10.3. The minimum Gasteiger partial charge on any atom is -0.493 e. The maximum atomic E-state index is 12.5. The summed E-state index contributed by atoms with van der Waals surface area (Å²) in [7, 11) is 1.54. The van der Waals surface area contributed by atoms with Crippen LogP contribution in [-0.4, -0.2) is 25.0 Å². The summed E-state index contributed by atoms with van der Waals surface area (Å²) in [5.74, 6) is 0.890. The zero-order valence-electron chi connectivity index (χ0n) is 16.9. The number of carbonyl (C=O) groups excluding carboxylic acids is 2. The van der Waals surface area contributed by atoms with Crippen molar-refractivity contribution < 1.29 is 19.1 Å². The molecule has 2 amide bonds. The molecule has 2 rings (SSSR count). The molecule has 2 N–H and O–H groups in total. The molecule has 0 aliphatic carbocycles. The summed E-state index contributed by atoms with van der Waals surface area (Å²) in [5, 5.41) is 5.74. The maximum absolute atomic E-state index is 12.5. The Bertz CT molecular complexity index is 818. The van der Waals surface area contributed by atoms with Crippen molar-refractivity contribution in [2.45, 2.75) is 46.3 Å². The van der Waals surface area contributed by atoms with Crippen LogP contribution in [0, 0.1) is 0 Å². The van der Waals surface area contributed by atoms with Crippen LogP contribution in [0.5, 0.6) is 11.5 Å². The molecule has 0 unspecified atom stereocenters. The van der Waals surface area contributed by atoms with Gasteiger partial charge in [0.1, 0.15) is 0 Å². The van der Waals surface area contributed by atoms with Gasteiger partial charge in [0.25, 0.3) is 5.91 Å². The molecule has 6 heteroatoms. The lowest BCUT2D eigenvalue weighted by atomic mass is 10.1. The lowest BCUT2D eigenvalue weighted by Gasteiger charge is -2.14. The molecule has 0 fully saturated rings. The van der Waals surface area contributed by atoms with Gasteiger partial charge in [-0.05, 0) is 56.2 Å². The second-order valence-corrected chi connectivity index (χ2v) is 6.71. The third-order valence-corrected chi connectivity index (χ3v) is 3.93. The van der Waals surface area contributed by atoms with Gasteiger partial charge in [0, 0.05) is 24.2 Å². The summed E-state index contributed by atoms with van der Waals surface area (Å²) in [6, 6.07) is 12.5. The zero-order valence-corrected chi connectivity index (χ0v) is 16.9. The highest BCUT2D eigenvalue weighted by Crippen LogP contribution is 2.29. The van der Waals surface area contributed by atoms with Crippen LogP contribution in [0.25, 0.3) is 0 Å². The van der Waals surface area contributed by atoms with Crippen molar-refractivity contribution >= 4 is 17.5 Å². The molecule has 0 aromatic heterocycles. The van der Waals surface area contributed by atoms with Crippen molar-refractivity contribution in [1.82, 2.24) is 5.32 Å². The van der Waals surface area contributed by atoms with Crippen LogP contribution in [0.2, 0.25) is 0 Å². The summed E-state index contributed by atoms with van der Waals surface area (Å²) in [6.07, 6.45) is 1.30. The highest BCUT2D eigenvalue weighted by molar-refractivity contribution is 5.95. The highest BCUT2D eigenvalue weighted by atomic mass is 16.5. The number of nitrogens with one attached hydrogen (secondary N) is 2. The van der Waals surface area contributed by atoms with Gasteiger partial charge in [-0.1, -0.05) is 19.1 Å². The predicted octanol–water partition coefficient (Wildman–Crippen LogP) is 4.15. The molecule has 28 heavy (non-hydrogen) atoms. The molecule has 0 aliphatic rings. The first-order valence-corrected chi connectivity index (χ1v) is 9.44. The Kier molecular flexibility index (Phi) is 7.87. The second-order valence-electron chi connectivity index (χ2n) is 6.71. The van der Waals surface area contributed by atoms with Crippen molar-refractivity contribution in [2.75, 3.05) is 12.4 Å². The largest absolute Gasteiger partial charge is 0.493 e. The smallest absolute Gasteiger partial charge is 0.251 e. The lowest BCUT2D eigenvalue weighted by Crippen LogP contribution is -2.23. The molecular formula is C22H28N2O4. The van der Waals surface area contributed by atoms with E-state index in [9.17, 15) is 9.59 Å². The average molecular weight is 384 g/mol. The van der Waals surface area contributed by atoms with Crippen LogP contribution < -0.4 is 20.1 Å². The molecule has 0 saturated carbocycles. The number of amides is 2. The van der Waals surface area contributed by atoms with E-state index in [2.05, 4.69) is 10.6 Å². The van der Waals surface area contributed by atoms with E-state index >= 15 is 0 Å². The molecule has 6 nitrogen and oxygen atoms in total. The number of hydrogen-bond donors (Lipinski definition) is 2. The Labute approximate surface area is 166 Å². The topological polar surface area (TPSA) is 76.7 Å². The summed E-state index contributed by atoms with van der Waals surface area (Å²) >= 11 is 0.